The molecule has 0 atom stereocenters. The van der Waals surface area contributed by atoms with Crippen molar-refractivity contribution in [2.75, 3.05) is 0 Å². The molecule has 2 aromatic carbocycles. The maximum atomic E-state index is 6.14. The first-order chi connectivity index (χ1) is 9.33. The molecule has 19 heavy (non-hydrogen) atoms. The summed E-state index contributed by atoms with van der Waals surface area (Å²) >= 11 is 7.78. The summed E-state index contributed by atoms with van der Waals surface area (Å²) in [5.74, 6) is 0.798. The van der Waals surface area contributed by atoms with Gasteiger partial charge in [-0.1, -0.05) is 41.9 Å². The molecule has 4 heteroatoms. The number of nitrogens with zero attached hydrogens (tertiary/aromatic N) is 2. The summed E-state index contributed by atoms with van der Waals surface area (Å²) in [6.45, 7) is 0. The van der Waals surface area contributed by atoms with Crippen molar-refractivity contribution in [1.29, 1.82) is 0 Å². The molecule has 0 saturated heterocycles. The molecule has 1 heterocycles. The smallest absolute Gasteiger partial charge is 0.115 e. The predicted octanol–water partition coefficient (Wildman–Crippen LogP) is 4.58. The molecule has 3 aromatic rings. The molecule has 0 aliphatic heterocycles. The zero-order chi connectivity index (χ0) is 13.1. The molecule has 0 aliphatic rings. The van der Waals surface area contributed by atoms with Crippen LogP contribution in [0.15, 0.2) is 59.8 Å². The number of para-hydroxylation sites is 2. The van der Waals surface area contributed by atoms with Gasteiger partial charge in [0, 0.05) is 10.8 Å². The first-order valence-electron chi connectivity index (χ1n) is 5.91. The van der Waals surface area contributed by atoms with Crippen LogP contribution in [0.25, 0.3) is 11.0 Å². The van der Waals surface area contributed by atoms with Crippen molar-refractivity contribution in [1.82, 2.24) is 9.97 Å². The Balaban J connectivity index is 1.80. The van der Waals surface area contributed by atoms with Gasteiger partial charge in [0.2, 0.25) is 0 Å². The standard InChI is InChI=1S/C15H11ClN2S/c16-12-6-2-1-5-11(12)10-19-15-9-17-13-7-3-4-8-14(13)18-15/h1-9H,10H2. The van der Waals surface area contributed by atoms with Gasteiger partial charge < -0.3 is 0 Å². The quantitative estimate of drug-likeness (QED) is 0.659. The Kier molecular flexibility index (Phi) is 3.67. The summed E-state index contributed by atoms with van der Waals surface area (Å²) in [7, 11) is 0. The van der Waals surface area contributed by atoms with Gasteiger partial charge in [0.25, 0.3) is 0 Å². The number of benzene rings is 2. The Morgan fingerprint density at radius 1 is 0.947 bits per heavy atom. The van der Waals surface area contributed by atoms with Gasteiger partial charge in [-0.25, -0.2) is 4.98 Å². The molecule has 0 spiro atoms. The summed E-state index contributed by atoms with van der Waals surface area (Å²) in [4.78, 5) is 8.98. The lowest BCUT2D eigenvalue weighted by molar-refractivity contribution is 1.12. The Bertz CT molecular complexity index is 715. The van der Waals surface area contributed by atoms with E-state index in [2.05, 4.69) is 9.97 Å². The SMILES string of the molecule is Clc1ccccc1CSc1cnc2ccccc2n1. The van der Waals surface area contributed by atoms with E-state index in [1.807, 2.05) is 54.7 Å². The molecule has 0 fully saturated rings. The lowest BCUT2D eigenvalue weighted by atomic mass is 10.2. The van der Waals surface area contributed by atoms with Crippen LogP contribution in [0, 0.1) is 0 Å². The largest absolute Gasteiger partial charge is 0.252 e. The van der Waals surface area contributed by atoms with Gasteiger partial charge in [-0.05, 0) is 23.8 Å². The second-order valence-electron chi connectivity index (χ2n) is 4.08. The molecule has 0 radical (unpaired) electrons. The van der Waals surface area contributed by atoms with Gasteiger partial charge in [0.05, 0.1) is 17.2 Å². The number of thioether (sulfide) groups is 1. The summed E-state index contributed by atoms with van der Waals surface area (Å²) in [5, 5.41) is 1.71. The molecule has 0 N–H and O–H groups in total. The molecule has 0 bridgehead atoms. The molecular formula is C15H11ClN2S. The molecule has 2 nitrogen and oxygen atoms in total. The predicted molar refractivity (Wildman–Crippen MR) is 80.6 cm³/mol. The van der Waals surface area contributed by atoms with E-state index in [1.165, 1.54) is 0 Å². The van der Waals surface area contributed by atoms with Gasteiger partial charge in [-0.2, -0.15) is 0 Å². The Labute approximate surface area is 120 Å². The van der Waals surface area contributed by atoms with E-state index >= 15 is 0 Å². The first-order valence-corrected chi connectivity index (χ1v) is 7.27. The van der Waals surface area contributed by atoms with Gasteiger partial charge in [-0.3, -0.25) is 4.98 Å². The number of hydrogen-bond acceptors (Lipinski definition) is 3. The molecule has 3 rings (SSSR count). The Morgan fingerprint density at radius 3 is 2.53 bits per heavy atom. The van der Waals surface area contributed by atoms with Gasteiger partial charge in [0.15, 0.2) is 0 Å². The topological polar surface area (TPSA) is 25.8 Å². The van der Waals surface area contributed by atoms with Crippen LogP contribution in [0.3, 0.4) is 0 Å². The zero-order valence-electron chi connectivity index (χ0n) is 10.1. The van der Waals surface area contributed by atoms with E-state index in [4.69, 9.17) is 11.6 Å². The lowest BCUT2D eigenvalue weighted by Gasteiger charge is -2.04. The van der Waals surface area contributed by atoms with E-state index < -0.39 is 0 Å². The maximum absolute atomic E-state index is 6.14. The van der Waals surface area contributed by atoms with E-state index in [0.29, 0.717) is 0 Å². The molecule has 94 valence electrons. The minimum Gasteiger partial charge on any atom is -0.252 e. The number of rotatable bonds is 3. The van der Waals surface area contributed by atoms with Gasteiger partial charge in [0.1, 0.15) is 5.03 Å². The highest BCUT2D eigenvalue weighted by molar-refractivity contribution is 7.98. The summed E-state index contributed by atoms with van der Waals surface area (Å²) in [5.41, 5.74) is 2.96. The highest BCUT2D eigenvalue weighted by Gasteiger charge is 2.03. The van der Waals surface area contributed by atoms with Crippen molar-refractivity contribution < 1.29 is 0 Å². The van der Waals surface area contributed by atoms with Crippen LogP contribution in [0.5, 0.6) is 0 Å². The average Bonchev–Trinajstić information content (AvgIpc) is 2.46. The molecule has 1 aromatic heterocycles. The van der Waals surface area contributed by atoms with Crippen LogP contribution < -0.4 is 0 Å². The maximum Gasteiger partial charge on any atom is 0.115 e. The highest BCUT2D eigenvalue weighted by atomic mass is 35.5. The van der Waals surface area contributed by atoms with Crippen LogP contribution in [0.2, 0.25) is 5.02 Å². The van der Waals surface area contributed by atoms with Crippen LogP contribution in [0.1, 0.15) is 5.56 Å². The molecule has 0 aliphatic carbocycles. The van der Waals surface area contributed by atoms with Crippen molar-refractivity contribution in [3.63, 3.8) is 0 Å². The number of aromatic nitrogens is 2. The fourth-order valence-electron chi connectivity index (χ4n) is 1.78. The number of hydrogen-bond donors (Lipinski definition) is 0. The van der Waals surface area contributed by atoms with Crippen molar-refractivity contribution in [3.05, 3.63) is 65.3 Å². The van der Waals surface area contributed by atoms with E-state index in [9.17, 15) is 0 Å². The van der Waals surface area contributed by atoms with Crippen LogP contribution >= 0.6 is 23.4 Å². The third kappa shape index (κ3) is 2.88. The summed E-state index contributed by atoms with van der Waals surface area (Å²) in [6.07, 6.45) is 1.81. The normalized spacial score (nSPS) is 10.8. The van der Waals surface area contributed by atoms with E-state index in [-0.39, 0.29) is 0 Å². The monoisotopic (exact) mass is 286 g/mol. The lowest BCUT2D eigenvalue weighted by Crippen LogP contribution is -1.88. The van der Waals surface area contributed by atoms with E-state index in [0.717, 1.165) is 32.4 Å². The molecule has 0 unspecified atom stereocenters. The fraction of sp³-hybridized carbons (Fsp3) is 0.0667. The number of halogens is 1. The van der Waals surface area contributed by atoms with Crippen LogP contribution in [-0.4, -0.2) is 9.97 Å². The third-order valence-corrected chi connectivity index (χ3v) is 4.08. The van der Waals surface area contributed by atoms with Crippen molar-refractivity contribution in [2.45, 2.75) is 10.8 Å². The second-order valence-corrected chi connectivity index (χ2v) is 5.48. The van der Waals surface area contributed by atoms with Crippen LogP contribution in [0.4, 0.5) is 0 Å². The summed E-state index contributed by atoms with van der Waals surface area (Å²) < 4.78 is 0. The zero-order valence-corrected chi connectivity index (χ0v) is 11.7. The molecule has 0 saturated carbocycles. The first kappa shape index (κ1) is 12.5. The number of fused-ring (bicyclic) bond motifs is 1. The third-order valence-electron chi connectivity index (χ3n) is 2.76. The fourth-order valence-corrected chi connectivity index (χ4v) is 2.90. The molecular weight excluding hydrogens is 276 g/mol. The Morgan fingerprint density at radius 2 is 1.68 bits per heavy atom. The minimum atomic E-state index is 0.795. The van der Waals surface area contributed by atoms with E-state index in [1.54, 1.807) is 11.8 Å². The molecule has 0 amide bonds. The summed E-state index contributed by atoms with van der Waals surface area (Å²) in [6, 6.07) is 15.7. The van der Waals surface area contributed by atoms with Crippen LogP contribution in [-0.2, 0) is 5.75 Å². The van der Waals surface area contributed by atoms with Crippen molar-refractivity contribution in [2.24, 2.45) is 0 Å². The van der Waals surface area contributed by atoms with Crippen molar-refractivity contribution in [3.8, 4) is 0 Å². The van der Waals surface area contributed by atoms with Gasteiger partial charge >= 0.3 is 0 Å². The van der Waals surface area contributed by atoms with Crippen molar-refractivity contribution >= 4 is 34.4 Å². The average molecular weight is 287 g/mol. The van der Waals surface area contributed by atoms with Gasteiger partial charge in [-0.15, -0.1) is 11.8 Å². The minimum absolute atomic E-state index is 0.795. The highest BCUT2D eigenvalue weighted by Crippen LogP contribution is 2.25. The second kappa shape index (κ2) is 5.59. The Hall–Kier alpha value is -1.58.